The van der Waals surface area contributed by atoms with E-state index < -0.39 is 21.9 Å². The number of hydrogen-bond donors (Lipinski definition) is 4. The van der Waals surface area contributed by atoms with Crippen molar-refractivity contribution < 1.29 is 22.6 Å². The Bertz CT molecular complexity index is 904. The van der Waals surface area contributed by atoms with Gasteiger partial charge in [-0.25, -0.2) is 4.39 Å². The molecule has 0 spiro atoms. The zero-order valence-corrected chi connectivity index (χ0v) is 15.9. The van der Waals surface area contributed by atoms with E-state index in [0.29, 0.717) is 10.0 Å². The molecular weight excluding hydrogens is 431 g/mol. The fourth-order valence-electron chi connectivity index (χ4n) is 1.49. The molecule has 0 aliphatic rings. The molecule has 11 heteroatoms. The highest BCUT2D eigenvalue weighted by atomic mass is 79.9. The van der Waals surface area contributed by atoms with Gasteiger partial charge in [-0.2, -0.15) is 13.5 Å². The van der Waals surface area contributed by atoms with Crippen LogP contribution in [0.1, 0.15) is 11.1 Å². The fourth-order valence-corrected chi connectivity index (χ4v) is 2.21. The van der Waals surface area contributed by atoms with Gasteiger partial charge < -0.3 is 5.73 Å². The SMILES string of the molecule is Cc1ccc(S(=O)(=O)O)cc1.N=C(N)N(O)N=Cc1ccc(Br)c(F)c1. The minimum Gasteiger partial charge on any atom is -0.367 e. The van der Waals surface area contributed by atoms with E-state index in [0.717, 1.165) is 5.56 Å². The first-order valence-corrected chi connectivity index (χ1v) is 9.10. The summed E-state index contributed by atoms with van der Waals surface area (Å²) in [6, 6.07) is 10.3. The third-order valence-electron chi connectivity index (χ3n) is 2.79. The summed E-state index contributed by atoms with van der Waals surface area (Å²) < 4.78 is 42.9. The molecule has 0 atom stereocenters. The van der Waals surface area contributed by atoms with Crippen molar-refractivity contribution in [2.24, 2.45) is 10.8 Å². The zero-order valence-electron chi connectivity index (χ0n) is 13.5. The molecule has 0 aliphatic heterocycles. The van der Waals surface area contributed by atoms with E-state index in [1.807, 2.05) is 6.92 Å². The number of benzene rings is 2. The molecule has 0 fully saturated rings. The van der Waals surface area contributed by atoms with Gasteiger partial charge in [0.1, 0.15) is 5.82 Å². The Morgan fingerprint density at radius 1 is 1.31 bits per heavy atom. The maximum absolute atomic E-state index is 13.0. The van der Waals surface area contributed by atoms with Crippen LogP contribution in [-0.4, -0.2) is 35.5 Å². The van der Waals surface area contributed by atoms with Crippen molar-refractivity contribution >= 4 is 38.2 Å². The summed E-state index contributed by atoms with van der Waals surface area (Å²) in [5.41, 5.74) is 6.31. The number of hydrazone groups is 1. The van der Waals surface area contributed by atoms with Crippen molar-refractivity contribution in [2.45, 2.75) is 11.8 Å². The van der Waals surface area contributed by atoms with Crippen molar-refractivity contribution in [3.8, 4) is 0 Å². The van der Waals surface area contributed by atoms with Gasteiger partial charge in [-0.15, -0.1) is 5.17 Å². The van der Waals surface area contributed by atoms with E-state index in [1.165, 1.54) is 30.5 Å². The highest BCUT2D eigenvalue weighted by Gasteiger charge is 2.06. The maximum atomic E-state index is 13.0. The Labute approximate surface area is 158 Å². The molecule has 0 saturated heterocycles. The van der Waals surface area contributed by atoms with Gasteiger partial charge in [-0.1, -0.05) is 23.8 Å². The molecule has 0 saturated carbocycles. The van der Waals surface area contributed by atoms with Crippen molar-refractivity contribution in [1.29, 1.82) is 5.41 Å². The first-order chi connectivity index (χ1) is 12.0. The molecule has 0 bridgehead atoms. The minimum atomic E-state index is -4.02. The molecule has 26 heavy (non-hydrogen) atoms. The highest BCUT2D eigenvalue weighted by molar-refractivity contribution is 9.10. The van der Waals surface area contributed by atoms with Crippen LogP contribution in [0.15, 0.2) is 56.9 Å². The van der Waals surface area contributed by atoms with E-state index in [1.54, 1.807) is 18.2 Å². The summed E-state index contributed by atoms with van der Waals surface area (Å²) in [7, 11) is -4.02. The molecule has 0 heterocycles. The third kappa shape index (κ3) is 7.27. The largest absolute Gasteiger partial charge is 0.367 e. The number of aryl methyl sites for hydroxylation is 1. The van der Waals surface area contributed by atoms with Crippen molar-refractivity contribution in [3.63, 3.8) is 0 Å². The summed E-state index contributed by atoms with van der Waals surface area (Å²) in [6.45, 7) is 1.84. The second-order valence-electron chi connectivity index (χ2n) is 4.88. The topological polar surface area (TPSA) is 140 Å². The van der Waals surface area contributed by atoms with Crippen LogP contribution in [0.3, 0.4) is 0 Å². The Morgan fingerprint density at radius 3 is 2.35 bits per heavy atom. The van der Waals surface area contributed by atoms with Gasteiger partial charge in [0.2, 0.25) is 5.96 Å². The number of rotatable bonds is 3. The van der Waals surface area contributed by atoms with Crippen LogP contribution in [-0.2, 0) is 10.1 Å². The first kappa shape index (κ1) is 21.7. The van der Waals surface area contributed by atoms with Crippen LogP contribution in [0.25, 0.3) is 0 Å². The summed E-state index contributed by atoms with van der Waals surface area (Å²) in [6.07, 6.45) is 1.18. The van der Waals surface area contributed by atoms with E-state index in [-0.39, 0.29) is 10.1 Å². The molecule has 140 valence electrons. The third-order valence-corrected chi connectivity index (χ3v) is 4.31. The number of hydroxylamine groups is 1. The quantitative estimate of drug-likeness (QED) is 0.247. The van der Waals surface area contributed by atoms with Crippen LogP contribution < -0.4 is 5.73 Å². The Morgan fingerprint density at radius 2 is 1.88 bits per heavy atom. The predicted molar refractivity (Wildman–Crippen MR) is 98.2 cm³/mol. The number of nitrogens with zero attached hydrogens (tertiary/aromatic N) is 2. The fraction of sp³-hybridized carbons (Fsp3) is 0.0667. The van der Waals surface area contributed by atoms with Gasteiger partial charge in [0, 0.05) is 0 Å². The number of halogens is 2. The normalized spacial score (nSPS) is 11.0. The zero-order chi connectivity index (χ0) is 19.9. The van der Waals surface area contributed by atoms with Gasteiger partial charge in [-0.05, 0) is 52.7 Å². The summed E-state index contributed by atoms with van der Waals surface area (Å²) in [4.78, 5) is -0.0666. The number of nitrogens with two attached hydrogens (primary N) is 1. The number of guanidine groups is 1. The van der Waals surface area contributed by atoms with Crippen molar-refractivity contribution in [1.82, 2.24) is 5.17 Å². The molecule has 0 aliphatic carbocycles. The van der Waals surface area contributed by atoms with Crippen molar-refractivity contribution in [2.75, 3.05) is 0 Å². The van der Waals surface area contributed by atoms with Crippen LogP contribution in [0, 0.1) is 18.2 Å². The highest BCUT2D eigenvalue weighted by Crippen LogP contribution is 2.15. The minimum absolute atomic E-state index is 0.0666. The Kier molecular flexibility index (Phi) is 7.83. The van der Waals surface area contributed by atoms with Crippen LogP contribution in [0.5, 0.6) is 0 Å². The molecule has 8 nitrogen and oxygen atoms in total. The Hall–Kier alpha value is -2.34. The molecule has 5 N–H and O–H groups in total. The lowest BCUT2D eigenvalue weighted by Crippen LogP contribution is -2.28. The number of hydrogen-bond acceptors (Lipinski definition) is 5. The molecule has 0 aromatic heterocycles. The smallest absolute Gasteiger partial charge is 0.294 e. The lowest BCUT2D eigenvalue weighted by atomic mass is 10.2. The summed E-state index contributed by atoms with van der Waals surface area (Å²) in [5.74, 6) is -1.06. The van der Waals surface area contributed by atoms with E-state index in [2.05, 4.69) is 21.0 Å². The standard InChI is InChI=1S/C8H8BrFN4O.C7H8O3S/c9-6-2-1-5(3-7(6)10)4-13-14(15)8(11)12;1-6-2-4-7(5-3-6)11(8,9)10/h1-4,15H,(H3,11,12);2-5H,1H3,(H,8,9,10). The molecular formula is C15H16BrFN4O4S. The molecule has 2 rings (SSSR count). The lowest BCUT2D eigenvalue weighted by Gasteiger charge is -2.05. The second-order valence-corrected chi connectivity index (χ2v) is 7.16. The lowest BCUT2D eigenvalue weighted by molar-refractivity contribution is -0.0139. The van der Waals surface area contributed by atoms with Gasteiger partial charge >= 0.3 is 0 Å². The average molecular weight is 447 g/mol. The molecule has 0 amide bonds. The molecule has 0 unspecified atom stereocenters. The van der Waals surface area contributed by atoms with Crippen molar-refractivity contribution in [3.05, 3.63) is 63.9 Å². The van der Waals surface area contributed by atoms with E-state index >= 15 is 0 Å². The summed E-state index contributed by atoms with van der Waals surface area (Å²) in [5, 5.41) is 19.3. The predicted octanol–water partition coefficient (Wildman–Crippen LogP) is 2.75. The van der Waals surface area contributed by atoms with Gasteiger partial charge in [-0.3, -0.25) is 15.2 Å². The second kappa shape index (κ2) is 9.38. The monoisotopic (exact) mass is 446 g/mol. The maximum Gasteiger partial charge on any atom is 0.294 e. The van der Waals surface area contributed by atoms with E-state index in [9.17, 15) is 12.8 Å². The van der Waals surface area contributed by atoms with Gasteiger partial charge in [0.05, 0.1) is 15.6 Å². The van der Waals surface area contributed by atoms with Crippen LogP contribution in [0.4, 0.5) is 4.39 Å². The average Bonchev–Trinajstić information content (AvgIpc) is 2.55. The Balaban J connectivity index is 0.000000273. The first-order valence-electron chi connectivity index (χ1n) is 6.87. The van der Waals surface area contributed by atoms with Crippen LogP contribution in [0.2, 0.25) is 0 Å². The molecule has 2 aromatic carbocycles. The molecule has 0 radical (unpaired) electrons. The molecule has 2 aromatic rings. The van der Waals surface area contributed by atoms with Gasteiger partial charge in [0.25, 0.3) is 10.1 Å². The number of nitrogens with one attached hydrogen (secondary N) is 1. The van der Waals surface area contributed by atoms with E-state index in [4.69, 9.17) is 20.9 Å². The summed E-state index contributed by atoms with van der Waals surface area (Å²) >= 11 is 3.00. The van der Waals surface area contributed by atoms with Gasteiger partial charge in [0.15, 0.2) is 0 Å². The van der Waals surface area contributed by atoms with Crippen LogP contribution >= 0.6 is 15.9 Å².